The summed E-state index contributed by atoms with van der Waals surface area (Å²) in [4.78, 5) is 15.0. The highest BCUT2D eigenvalue weighted by atomic mass is 16.2. The number of rotatable bonds is 6. The van der Waals surface area contributed by atoms with Gasteiger partial charge in [-0.25, -0.2) is 0 Å². The van der Waals surface area contributed by atoms with Crippen LogP contribution in [0.5, 0.6) is 0 Å². The molecule has 0 saturated carbocycles. The van der Waals surface area contributed by atoms with E-state index in [1.807, 2.05) is 36.4 Å². The summed E-state index contributed by atoms with van der Waals surface area (Å²) in [6.45, 7) is 3.17. The van der Waals surface area contributed by atoms with Crippen molar-refractivity contribution in [1.82, 2.24) is 10.2 Å². The van der Waals surface area contributed by atoms with E-state index in [2.05, 4.69) is 34.5 Å². The van der Waals surface area contributed by atoms with Gasteiger partial charge in [0.2, 0.25) is 5.91 Å². The van der Waals surface area contributed by atoms with E-state index in [-0.39, 0.29) is 17.9 Å². The smallest absolute Gasteiger partial charge is 0.229 e. The molecule has 0 bridgehead atoms. The maximum Gasteiger partial charge on any atom is 0.229 e. The molecule has 2 unspecified atom stereocenters. The molecule has 2 aromatic rings. The van der Waals surface area contributed by atoms with Crippen molar-refractivity contribution in [1.29, 1.82) is 0 Å². The highest BCUT2D eigenvalue weighted by Gasteiger charge is 2.27. The molecule has 1 aliphatic heterocycles. The molecule has 2 aromatic carbocycles. The van der Waals surface area contributed by atoms with Gasteiger partial charge in [-0.2, -0.15) is 0 Å². The van der Waals surface area contributed by atoms with Crippen LogP contribution in [0.3, 0.4) is 0 Å². The minimum atomic E-state index is -0.269. The van der Waals surface area contributed by atoms with Crippen molar-refractivity contribution in [2.45, 2.75) is 24.9 Å². The first-order chi connectivity index (χ1) is 11.8. The molecule has 0 radical (unpaired) electrons. The molecule has 1 amide bonds. The van der Waals surface area contributed by atoms with E-state index in [4.69, 9.17) is 5.73 Å². The van der Waals surface area contributed by atoms with Gasteiger partial charge in [0, 0.05) is 32.2 Å². The van der Waals surface area contributed by atoms with Crippen molar-refractivity contribution in [2.75, 3.05) is 19.6 Å². The fraction of sp³-hybridized carbons (Fsp3) is 0.350. The highest BCUT2D eigenvalue weighted by Crippen LogP contribution is 2.17. The number of nitrogens with zero attached hydrogens (tertiary/aromatic N) is 1. The number of carbonyl (C=O) groups is 1. The van der Waals surface area contributed by atoms with Gasteiger partial charge in [0.25, 0.3) is 0 Å². The first kappa shape index (κ1) is 16.7. The molecule has 0 aromatic heterocycles. The normalized spacial score (nSPS) is 19.1. The lowest BCUT2D eigenvalue weighted by Gasteiger charge is -2.20. The third kappa shape index (κ3) is 4.22. The summed E-state index contributed by atoms with van der Waals surface area (Å²) in [6.07, 6.45) is 0.991. The zero-order valence-corrected chi connectivity index (χ0v) is 13.9. The van der Waals surface area contributed by atoms with Crippen LogP contribution in [0, 0.1) is 0 Å². The Kier molecular flexibility index (Phi) is 5.62. The van der Waals surface area contributed by atoms with E-state index >= 15 is 0 Å². The van der Waals surface area contributed by atoms with Crippen LogP contribution in [0.25, 0.3) is 0 Å². The maximum absolute atomic E-state index is 12.6. The summed E-state index contributed by atoms with van der Waals surface area (Å²) in [5.74, 6) is -0.232. The maximum atomic E-state index is 12.6. The lowest BCUT2D eigenvalue weighted by atomic mass is 9.98. The zero-order valence-electron chi connectivity index (χ0n) is 13.9. The monoisotopic (exact) mass is 323 g/mol. The van der Waals surface area contributed by atoms with Crippen molar-refractivity contribution in [3.8, 4) is 0 Å². The summed E-state index contributed by atoms with van der Waals surface area (Å²) in [7, 11) is 0. The van der Waals surface area contributed by atoms with Crippen LogP contribution in [-0.4, -0.2) is 36.5 Å². The van der Waals surface area contributed by atoms with E-state index < -0.39 is 0 Å². The van der Waals surface area contributed by atoms with E-state index in [0.717, 1.165) is 31.6 Å². The second kappa shape index (κ2) is 8.08. The number of carbonyl (C=O) groups excluding carboxylic acids is 1. The fourth-order valence-electron chi connectivity index (χ4n) is 3.32. The molecular formula is C20H25N3O. The molecule has 3 rings (SSSR count). The van der Waals surface area contributed by atoms with Gasteiger partial charge in [0.05, 0.1) is 5.92 Å². The topological polar surface area (TPSA) is 58.4 Å². The summed E-state index contributed by atoms with van der Waals surface area (Å²) in [5.41, 5.74) is 8.13. The van der Waals surface area contributed by atoms with Crippen molar-refractivity contribution < 1.29 is 4.79 Å². The zero-order chi connectivity index (χ0) is 16.8. The Bertz CT molecular complexity index is 644. The van der Waals surface area contributed by atoms with Gasteiger partial charge in [-0.05, 0) is 17.5 Å². The standard InChI is InChI=1S/C20H25N3O/c21-13-19(17-9-5-2-6-10-17)20(24)22-18-11-12-23(15-18)14-16-7-3-1-4-8-16/h1-10,18-19H,11-15,21H2,(H,22,24). The van der Waals surface area contributed by atoms with Gasteiger partial charge in [-0.15, -0.1) is 0 Å². The predicted molar refractivity (Wildman–Crippen MR) is 96.5 cm³/mol. The molecule has 1 heterocycles. The van der Waals surface area contributed by atoms with Crippen molar-refractivity contribution in [3.63, 3.8) is 0 Å². The lowest BCUT2D eigenvalue weighted by molar-refractivity contribution is -0.123. The van der Waals surface area contributed by atoms with Gasteiger partial charge in [-0.1, -0.05) is 60.7 Å². The third-order valence-electron chi connectivity index (χ3n) is 4.62. The lowest BCUT2D eigenvalue weighted by Crippen LogP contribution is -2.41. The van der Waals surface area contributed by atoms with Gasteiger partial charge in [0.15, 0.2) is 0 Å². The Morgan fingerprint density at radius 3 is 2.46 bits per heavy atom. The van der Waals surface area contributed by atoms with Crippen LogP contribution >= 0.6 is 0 Å². The second-order valence-corrected chi connectivity index (χ2v) is 6.41. The Labute approximate surface area is 143 Å². The van der Waals surface area contributed by atoms with Gasteiger partial charge in [-0.3, -0.25) is 9.69 Å². The number of likely N-dealkylation sites (tertiary alicyclic amines) is 1. The SMILES string of the molecule is NCC(C(=O)NC1CCN(Cc2ccccc2)C1)c1ccccc1. The van der Waals surface area contributed by atoms with Gasteiger partial charge in [0.1, 0.15) is 0 Å². The minimum absolute atomic E-state index is 0.0373. The number of amides is 1. The molecule has 0 spiro atoms. The summed E-state index contributed by atoms with van der Waals surface area (Å²) in [5, 5.41) is 3.18. The second-order valence-electron chi connectivity index (χ2n) is 6.41. The molecule has 3 N–H and O–H groups in total. The molecule has 4 nitrogen and oxygen atoms in total. The minimum Gasteiger partial charge on any atom is -0.351 e. The Hall–Kier alpha value is -2.17. The molecule has 1 fully saturated rings. The van der Waals surface area contributed by atoms with Crippen LogP contribution in [0.15, 0.2) is 60.7 Å². The molecule has 1 aliphatic rings. The van der Waals surface area contributed by atoms with Crippen molar-refractivity contribution in [2.24, 2.45) is 5.73 Å². The summed E-state index contributed by atoms with van der Waals surface area (Å²) < 4.78 is 0. The van der Waals surface area contributed by atoms with E-state index in [9.17, 15) is 4.79 Å². The number of nitrogens with one attached hydrogen (secondary N) is 1. The van der Waals surface area contributed by atoms with Crippen molar-refractivity contribution >= 4 is 5.91 Å². The average Bonchev–Trinajstić information content (AvgIpc) is 3.04. The Morgan fingerprint density at radius 2 is 1.79 bits per heavy atom. The summed E-state index contributed by atoms with van der Waals surface area (Å²) >= 11 is 0. The molecule has 1 saturated heterocycles. The number of hydrogen-bond acceptors (Lipinski definition) is 3. The Morgan fingerprint density at radius 1 is 1.12 bits per heavy atom. The van der Waals surface area contributed by atoms with Crippen LogP contribution < -0.4 is 11.1 Å². The van der Waals surface area contributed by atoms with Crippen LogP contribution in [0.1, 0.15) is 23.5 Å². The van der Waals surface area contributed by atoms with Crippen LogP contribution in [0.2, 0.25) is 0 Å². The molecule has 0 aliphatic carbocycles. The average molecular weight is 323 g/mol. The quantitative estimate of drug-likeness (QED) is 0.856. The molecule has 4 heteroatoms. The van der Waals surface area contributed by atoms with E-state index in [1.54, 1.807) is 0 Å². The Balaban J connectivity index is 1.54. The first-order valence-electron chi connectivity index (χ1n) is 8.58. The number of benzene rings is 2. The molecule has 2 atom stereocenters. The van der Waals surface area contributed by atoms with E-state index in [0.29, 0.717) is 6.54 Å². The predicted octanol–water partition coefficient (Wildman–Crippen LogP) is 2.12. The summed E-state index contributed by atoms with van der Waals surface area (Å²) in [6, 6.07) is 20.4. The van der Waals surface area contributed by atoms with Crippen molar-refractivity contribution in [3.05, 3.63) is 71.8 Å². The molecular weight excluding hydrogens is 298 g/mol. The van der Waals surface area contributed by atoms with Crippen LogP contribution in [0.4, 0.5) is 0 Å². The van der Waals surface area contributed by atoms with E-state index in [1.165, 1.54) is 5.56 Å². The third-order valence-corrected chi connectivity index (χ3v) is 4.62. The molecule has 24 heavy (non-hydrogen) atoms. The van der Waals surface area contributed by atoms with Crippen LogP contribution in [-0.2, 0) is 11.3 Å². The largest absolute Gasteiger partial charge is 0.351 e. The number of hydrogen-bond donors (Lipinski definition) is 2. The fourth-order valence-corrected chi connectivity index (χ4v) is 3.32. The first-order valence-corrected chi connectivity index (χ1v) is 8.58. The molecule has 126 valence electrons. The number of nitrogens with two attached hydrogens (primary N) is 1. The highest BCUT2D eigenvalue weighted by molar-refractivity contribution is 5.84. The van der Waals surface area contributed by atoms with Gasteiger partial charge >= 0.3 is 0 Å². The van der Waals surface area contributed by atoms with Gasteiger partial charge < -0.3 is 11.1 Å².